The fourth-order valence-corrected chi connectivity index (χ4v) is 2.14. The topological polar surface area (TPSA) is 46.3 Å². The highest BCUT2D eigenvalue weighted by atomic mass is 79.9. The van der Waals surface area contributed by atoms with Gasteiger partial charge in [0, 0.05) is 23.6 Å². The SMILES string of the molecule is N[C@H]1CCN(C(=O)c2ccc(Br)cc2F)C1. The van der Waals surface area contributed by atoms with E-state index >= 15 is 0 Å². The fourth-order valence-electron chi connectivity index (χ4n) is 1.81. The molecular weight excluding hydrogens is 275 g/mol. The van der Waals surface area contributed by atoms with Crippen LogP contribution in [0.25, 0.3) is 0 Å². The zero-order valence-corrected chi connectivity index (χ0v) is 10.2. The van der Waals surface area contributed by atoms with E-state index < -0.39 is 5.82 Å². The van der Waals surface area contributed by atoms with Crippen LogP contribution >= 0.6 is 15.9 Å². The number of hydrogen-bond donors (Lipinski definition) is 1. The van der Waals surface area contributed by atoms with Crippen LogP contribution in [0.1, 0.15) is 16.8 Å². The molecule has 2 N–H and O–H groups in total. The summed E-state index contributed by atoms with van der Waals surface area (Å²) >= 11 is 3.15. The Morgan fingerprint density at radius 3 is 2.88 bits per heavy atom. The Labute approximate surface area is 102 Å². The summed E-state index contributed by atoms with van der Waals surface area (Å²) in [5, 5.41) is 0. The fraction of sp³-hybridized carbons (Fsp3) is 0.364. The molecule has 1 aliphatic rings. The number of nitrogens with two attached hydrogens (primary N) is 1. The van der Waals surface area contributed by atoms with Crippen molar-refractivity contribution >= 4 is 21.8 Å². The van der Waals surface area contributed by atoms with Crippen LogP contribution in [0, 0.1) is 5.82 Å². The molecule has 0 bridgehead atoms. The molecule has 5 heteroatoms. The lowest BCUT2D eigenvalue weighted by Crippen LogP contribution is -2.32. The number of carbonyl (C=O) groups excluding carboxylic acids is 1. The van der Waals surface area contributed by atoms with E-state index in [0.29, 0.717) is 17.6 Å². The maximum absolute atomic E-state index is 13.5. The zero-order valence-electron chi connectivity index (χ0n) is 8.62. The van der Waals surface area contributed by atoms with E-state index in [4.69, 9.17) is 5.73 Å². The number of nitrogens with zero attached hydrogens (tertiary/aromatic N) is 1. The highest BCUT2D eigenvalue weighted by molar-refractivity contribution is 9.10. The zero-order chi connectivity index (χ0) is 11.7. The van der Waals surface area contributed by atoms with Crippen molar-refractivity contribution in [2.45, 2.75) is 12.5 Å². The van der Waals surface area contributed by atoms with Crippen LogP contribution < -0.4 is 5.73 Å². The van der Waals surface area contributed by atoms with E-state index in [-0.39, 0.29) is 17.5 Å². The van der Waals surface area contributed by atoms with Gasteiger partial charge in [-0.05, 0) is 24.6 Å². The van der Waals surface area contributed by atoms with Gasteiger partial charge in [0.1, 0.15) is 5.82 Å². The largest absolute Gasteiger partial charge is 0.337 e. The molecule has 0 aliphatic carbocycles. The van der Waals surface area contributed by atoms with Crippen LogP contribution in [0.4, 0.5) is 4.39 Å². The predicted molar refractivity (Wildman–Crippen MR) is 62.6 cm³/mol. The first-order chi connectivity index (χ1) is 7.58. The van der Waals surface area contributed by atoms with E-state index in [9.17, 15) is 9.18 Å². The summed E-state index contributed by atoms with van der Waals surface area (Å²) in [4.78, 5) is 13.5. The molecular formula is C11H12BrFN2O. The number of hydrogen-bond acceptors (Lipinski definition) is 2. The summed E-state index contributed by atoms with van der Waals surface area (Å²) in [5.74, 6) is -0.780. The van der Waals surface area contributed by atoms with Crippen LogP contribution in [0.2, 0.25) is 0 Å². The molecule has 0 unspecified atom stereocenters. The van der Waals surface area contributed by atoms with Gasteiger partial charge < -0.3 is 10.6 Å². The monoisotopic (exact) mass is 286 g/mol. The maximum atomic E-state index is 13.5. The quantitative estimate of drug-likeness (QED) is 0.855. The molecule has 1 atom stereocenters. The van der Waals surface area contributed by atoms with E-state index in [0.717, 1.165) is 6.42 Å². The lowest BCUT2D eigenvalue weighted by Gasteiger charge is -2.16. The minimum atomic E-state index is -0.500. The summed E-state index contributed by atoms with van der Waals surface area (Å²) in [5.41, 5.74) is 5.82. The Kier molecular flexibility index (Phi) is 3.25. The summed E-state index contributed by atoms with van der Waals surface area (Å²) in [6.07, 6.45) is 0.782. The van der Waals surface area contributed by atoms with E-state index in [1.165, 1.54) is 12.1 Å². The van der Waals surface area contributed by atoms with Crippen molar-refractivity contribution in [2.24, 2.45) is 5.73 Å². The number of likely N-dealkylation sites (tertiary alicyclic amines) is 1. The smallest absolute Gasteiger partial charge is 0.256 e. The van der Waals surface area contributed by atoms with Gasteiger partial charge in [-0.1, -0.05) is 15.9 Å². The first kappa shape index (κ1) is 11.5. The predicted octanol–water partition coefficient (Wildman–Crippen LogP) is 1.76. The molecule has 0 spiro atoms. The molecule has 0 saturated carbocycles. The number of halogens is 2. The van der Waals surface area contributed by atoms with Crippen molar-refractivity contribution in [1.29, 1.82) is 0 Å². The van der Waals surface area contributed by atoms with Crippen LogP contribution in [-0.2, 0) is 0 Å². The Balaban J connectivity index is 2.21. The van der Waals surface area contributed by atoms with Crippen molar-refractivity contribution in [3.8, 4) is 0 Å². The molecule has 0 radical (unpaired) electrons. The molecule has 1 aliphatic heterocycles. The van der Waals surface area contributed by atoms with Gasteiger partial charge in [-0.3, -0.25) is 4.79 Å². The van der Waals surface area contributed by atoms with Gasteiger partial charge in [0.05, 0.1) is 5.56 Å². The summed E-state index contributed by atoms with van der Waals surface area (Å²) in [6, 6.07) is 4.46. The Bertz CT molecular complexity index is 424. The number of benzene rings is 1. The molecule has 0 aromatic heterocycles. The Morgan fingerprint density at radius 1 is 1.56 bits per heavy atom. The van der Waals surface area contributed by atoms with Gasteiger partial charge in [0.2, 0.25) is 0 Å². The Morgan fingerprint density at radius 2 is 2.31 bits per heavy atom. The second-order valence-corrected chi connectivity index (χ2v) is 4.84. The van der Waals surface area contributed by atoms with E-state index in [1.54, 1.807) is 11.0 Å². The first-order valence-corrected chi connectivity index (χ1v) is 5.87. The molecule has 16 heavy (non-hydrogen) atoms. The van der Waals surface area contributed by atoms with Crippen LogP contribution in [0.3, 0.4) is 0 Å². The number of rotatable bonds is 1. The van der Waals surface area contributed by atoms with E-state index in [2.05, 4.69) is 15.9 Å². The lowest BCUT2D eigenvalue weighted by atomic mass is 10.2. The molecule has 1 fully saturated rings. The maximum Gasteiger partial charge on any atom is 0.256 e. The van der Waals surface area contributed by atoms with Gasteiger partial charge in [-0.25, -0.2) is 4.39 Å². The molecule has 1 amide bonds. The third kappa shape index (κ3) is 2.25. The molecule has 86 valence electrons. The minimum Gasteiger partial charge on any atom is -0.337 e. The normalized spacial score (nSPS) is 20.2. The van der Waals surface area contributed by atoms with Crippen molar-refractivity contribution < 1.29 is 9.18 Å². The molecule has 1 aromatic rings. The van der Waals surface area contributed by atoms with Crippen LogP contribution in [0.5, 0.6) is 0 Å². The standard InChI is InChI=1S/C11H12BrFN2O/c12-7-1-2-9(10(13)5-7)11(16)15-4-3-8(14)6-15/h1-2,5,8H,3-4,6,14H2/t8-/m0/s1. The summed E-state index contributed by atoms with van der Waals surface area (Å²) in [6.45, 7) is 1.11. The van der Waals surface area contributed by atoms with Gasteiger partial charge in [0.25, 0.3) is 5.91 Å². The van der Waals surface area contributed by atoms with Gasteiger partial charge in [0.15, 0.2) is 0 Å². The number of carbonyl (C=O) groups is 1. The number of amides is 1. The minimum absolute atomic E-state index is 0.0162. The van der Waals surface area contributed by atoms with Crippen LogP contribution in [-0.4, -0.2) is 29.9 Å². The lowest BCUT2D eigenvalue weighted by molar-refractivity contribution is 0.0786. The highest BCUT2D eigenvalue weighted by Gasteiger charge is 2.26. The molecule has 1 heterocycles. The second kappa shape index (κ2) is 4.51. The molecule has 1 saturated heterocycles. The van der Waals surface area contributed by atoms with E-state index in [1.807, 2.05) is 0 Å². The van der Waals surface area contributed by atoms with Crippen molar-refractivity contribution in [1.82, 2.24) is 4.90 Å². The van der Waals surface area contributed by atoms with Gasteiger partial charge in [-0.15, -0.1) is 0 Å². The Hall–Kier alpha value is -0.940. The van der Waals surface area contributed by atoms with Crippen molar-refractivity contribution in [3.63, 3.8) is 0 Å². The van der Waals surface area contributed by atoms with Crippen molar-refractivity contribution in [3.05, 3.63) is 34.1 Å². The average Bonchev–Trinajstić information content (AvgIpc) is 2.64. The third-order valence-corrected chi connectivity index (χ3v) is 3.17. The average molecular weight is 287 g/mol. The highest BCUT2D eigenvalue weighted by Crippen LogP contribution is 2.18. The van der Waals surface area contributed by atoms with Crippen molar-refractivity contribution in [2.75, 3.05) is 13.1 Å². The van der Waals surface area contributed by atoms with Crippen LogP contribution in [0.15, 0.2) is 22.7 Å². The second-order valence-electron chi connectivity index (χ2n) is 3.92. The third-order valence-electron chi connectivity index (χ3n) is 2.67. The molecule has 1 aromatic carbocycles. The summed E-state index contributed by atoms with van der Waals surface area (Å²) < 4.78 is 14.2. The van der Waals surface area contributed by atoms with Gasteiger partial charge in [-0.2, -0.15) is 0 Å². The molecule has 3 nitrogen and oxygen atoms in total. The van der Waals surface area contributed by atoms with Gasteiger partial charge >= 0.3 is 0 Å². The molecule has 2 rings (SSSR count). The first-order valence-electron chi connectivity index (χ1n) is 5.08. The summed E-state index contributed by atoms with van der Waals surface area (Å²) in [7, 11) is 0.